The van der Waals surface area contributed by atoms with Gasteiger partial charge in [0.15, 0.2) is 0 Å². The van der Waals surface area contributed by atoms with Crippen molar-refractivity contribution in [2.45, 2.75) is 33.1 Å². The van der Waals surface area contributed by atoms with Crippen LogP contribution in [-0.4, -0.2) is 30.4 Å². The summed E-state index contributed by atoms with van der Waals surface area (Å²) >= 11 is 0. The number of carbonyl (C=O) groups is 1. The van der Waals surface area contributed by atoms with Gasteiger partial charge in [-0.3, -0.25) is 4.79 Å². The lowest BCUT2D eigenvalue weighted by molar-refractivity contribution is -0.135. The maximum atomic E-state index is 12.0. The first-order valence-corrected chi connectivity index (χ1v) is 5.69. The van der Waals surface area contributed by atoms with Crippen LogP contribution in [0, 0.1) is 11.8 Å². The van der Waals surface area contributed by atoms with Crippen LogP contribution in [0.1, 0.15) is 33.1 Å². The van der Waals surface area contributed by atoms with Crippen LogP contribution in [0.15, 0.2) is 0 Å². The molecule has 0 aromatic rings. The smallest absolute Gasteiger partial charge is 0.225 e. The van der Waals surface area contributed by atoms with E-state index in [1.54, 1.807) is 0 Å². The second-order valence-electron chi connectivity index (χ2n) is 4.24. The fourth-order valence-electron chi connectivity index (χ4n) is 1.84. The van der Waals surface area contributed by atoms with Crippen molar-refractivity contribution in [2.24, 2.45) is 17.6 Å². The first-order valence-electron chi connectivity index (χ1n) is 5.69. The van der Waals surface area contributed by atoms with Gasteiger partial charge in [0.2, 0.25) is 5.91 Å². The van der Waals surface area contributed by atoms with Crippen molar-refractivity contribution in [2.75, 3.05) is 19.6 Å². The van der Waals surface area contributed by atoms with E-state index in [4.69, 9.17) is 5.73 Å². The zero-order chi connectivity index (χ0) is 10.6. The van der Waals surface area contributed by atoms with E-state index in [0.29, 0.717) is 24.9 Å². The Bertz CT molecular complexity index is 184. The highest BCUT2D eigenvalue weighted by molar-refractivity contribution is 5.79. The number of hydrogen-bond acceptors (Lipinski definition) is 2. The third kappa shape index (κ3) is 2.98. The third-order valence-electron chi connectivity index (χ3n) is 2.92. The molecular formula is C11H22N2O. The first kappa shape index (κ1) is 11.5. The molecule has 1 aliphatic rings. The Morgan fingerprint density at radius 1 is 1.50 bits per heavy atom. The van der Waals surface area contributed by atoms with Gasteiger partial charge in [0.25, 0.3) is 0 Å². The van der Waals surface area contributed by atoms with Crippen molar-refractivity contribution in [3.63, 3.8) is 0 Å². The Hall–Kier alpha value is -0.570. The summed E-state index contributed by atoms with van der Waals surface area (Å²) in [5, 5.41) is 0. The topological polar surface area (TPSA) is 46.3 Å². The van der Waals surface area contributed by atoms with Crippen molar-refractivity contribution in [1.82, 2.24) is 4.90 Å². The third-order valence-corrected chi connectivity index (χ3v) is 2.92. The van der Waals surface area contributed by atoms with Gasteiger partial charge in [-0.25, -0.2) is 0 Å². The molecule has 1 aliphatic carbocycles. The summed E-state index contributed by atoms with van der Waals surface area (Å²) < 4.78 is 0. The fourth-order valence-corrected chi connectivity index (χ4v) is 1.84. The Morgan fingerprint density at radius 3 is 2.57 bits per heavy atom. The number of hydrogen-bond donors (Lipinski definition) is 1. The average Bonchev–Trinajstić information content (AvgIpc) is 2.98. The van der Waals surface area contributed by atoms with Crippen LogP contribution in [0.4, 0.5) is 0 Å². The molecule has 1 amide bonds. The molecule has 1 rings (SSSR count). The van der Waals surface area contributed by atoms with E-state index in [-0.39, 0.29) is 5.92 Å². The Labute approximate surface area is 86.6 Å². The summed E-state index contributed by atoms with van der Waals surface area (Å²) in [4.78, 5) is 13.9. The number of carbonyl (C=O) groups excluding carboxylic acids is 1. The van der Waals surface area contributed by atoms with Crippen LogP contribution in [-0.2, 0) is 4.79 Å². The second-order valence-corrected chi connectivity index (χ2v) is 4.24. The van der Waals surface area contributed by atoms with Crippen molar-refractivity contribution in [3.8, 4) is 0 Å². The fraction of sp³-hybridized carbons (Fsp3) is 0.909. The van der Waals surface area contributed by atoms with Crippen molar-refractivity contribution in [1.29, 1.82) is 0 Å². The lowest BCUT2D eigenvalue weighted by Gasteiger charge is -2.24. The van der Waals surface area contributed by atoms with Gasteiger partial charge in [-0.05, 0) is 25.2 Å². The number of nitrogens with zero attached hydrogens (tertiary/aromatic N) is 1. The molecular weight excluding hydrogens is 176 g/mol. The maximum absolute atomic E-state index is 12.0. The molecule has 2 N–H and O–H groups in total. The lowest BCUT2D eigenvalue weighted by atomic mass is 10.0. The van der Waals surface area contributed by atoms with E-state index in [9.17, 15) is 4.79 Å². The number of rotatable bonds is 6. The molecule has 1 unspecified atom stereocenters. The molecule has 0 heterocycles. The quantitative estimate of drug-likeness (QED) is 0.697. The monoisotopic (exact) mass is 198 g/mol. The Kier molecular flexibility index (Phi) is 4.39. The minimum atomic E-state index is 0.216. The maximum Gasteiger partial charge on any atom is 0.225 e. The lowest BCUT2D eigenvalue weighted by Crippen LogP contribution is -2.39. The van der Waals surface area contributed by atoms with Crippen LogP contribution in [0.25, 0.3) is 0 Å². The van der Waals surface area contributed by atoms with E-state index < -0.39 is 0 Å². The molecule has 0 saturated heterocycles. The molecule has 1 atom stereocenters. The standard InChI is InChI=1S/C11H22N2O/c1-3-7-13(8-6-12)11(14)9(2)10-4-5-10/h9-10H,3-8,12H2,1-2H3. The Balaban J connectivity index is 2.43. The van der Waals surface area contributed by atoms with Crippen LogP contribution >= 0.6 is 0 Å². The molecule has 82 valence electrons. The minimum absolute atomic E-state index is 0.216. The first-order chi connectivity index (χ1) is 6.70. The van der Waals surface area contributed by atoms with Crippen molar-refractivity contribution in [3.05, 3.63) is 0 Å². The van der Waals surface area contributed by atoms with E-state index in [1.165, 1.54) is 12.8 Å². The summed E-state index contributed by atoms with van der Waals surface area (Å²) in [7, 11) is 0. The average molecular weight is 198 g/mol. The van der Waals surface area contributed by atoms with Crippen molar-refractivity contribution < 1.29 is 4.79 Å². The second kappa shape index (κ2) is 5.35. The molecule has 1 saturated carbocycles. The largest absolute Gasteiger partial charge is 0.341 e. The summed E-state index contributed by atoms with van der Waals surface area (Å²) in [5.74, 6) is 1.17. The highest BCUT2D eigenvalue weighted by Crippen LogP contribution is 2.37. The van der Waals surface area contributed by atoms with Gasteiger partial charge in [0, 0.05) is 25.6 Å². The molecule has 14 heavy (non-hydrogen) atoms. The molecule has 0 aliphatic heterocycles. The molecule has 3 heteroatoms. The van der Waals surface area contributed by atoms with Crippen LogP contribution in [0.5, 0.6) is 0 Å². The van der Waals surface area contributed by atoms with Gasteiger partial charge in [-0.15, -0.1) is 0 Å². The molecule has 3 nitrogen and oxygen atoms in total. The van der Waals surface area contributed by atoms with E-state index in [2.05, 4.69) is 13.8 Å². The highest BCUT2D eigenvalue weighted by Gasteiger charge is 2.34. The highest BCUT2D eigenvalue weighted by atomic mass is 16.2. The molecule has 0 bridgehead atoms. The van der Waals surface area contributed by atoms with Crippen LogP contribution in [0.3, 0.4) is 0 Å². The summed E-state index contributed by atoms with van der Waals surface area (Å²) in [6.45, 7) is 6.29. The molecule has 0 aromatic heterocycles. The van der Waals surface area contributed by atoms with Gasteiger partial charge < -0.3 is 10.6 Å². The Morgan fingerprint density at radius 2 is 2.14 bits per heavy atom. The normalized spacial score (nSPS) is 17.9. The van der Waals surface area contributed by atoms with E-state index in [0.717, 1.165) is 13.0 Å². The summed E-state index contributed by atoms with van der Waals surface area (Å²) in [6, 6.07) is 0. The van der Waals surface area contributed by atoms with Gasteiger partial charge in [0.05, 0.1) is 0 Å². The number of nitrogens with two attached hydrogens (primary N) is 1. The predicted octanol–water partition coefficient (Wildman–Crippen LogP) is 1.23. The van der Waals surface area contributed by atoms with Gasteiger partial charge in [-0.1, -0.05) is 13.8 Å². The van der Waals surface area contributed by atoms with Gasteiger partial charge in [0.1, 0.15) is 0 Å². The molecule has 0 aromatic carbocycles. The summed E-state index contributed by atoms with van der Waals surface area (Å²) in [5.41, 5.74) is 5.50. The van der Waals surface area contributed by atoms with E-state index >= 15 is 0 Å². The molecule has 0 spiro atoms. The predicted molar refractivity (Wildman–Crippen MR) is 57.8 cm³/mol. The molecule has 1 fully saturated rings. The molecule has 0 radical (unpaired) electrons. The number of amides is 1. The SMILES string of the molecule is CCCN(CCN)C(=O)C(C)C1CC1. The zero-order valence-electron chi connectivity index (χ0n) is 9.33. The van der Waals surface area contributed by atoms with E-state index in [1.807, 2.05) is 4.90 Å². The summed E-state index contributed by atoms with van der Waals surface area (Å²) in [6.07, 6.45) is 3.48. The van der Waals surface area contributed by atoms with Crippen LogP contribution < -0.4 is 5.73 Å². The minimum Gasteiger partial charge on any atom is -0.341 e. The van der Waals surface area contributed by atoms with Crippen molar-refractivity contribution >= 4 is 5.91 Å². The zero-order valence-corrected chi connectivity index (χ0v) is 9.33. The van der Waals surface area contributed by atoms with Gasteiger partial charge in [-0.2, -0.15) is 0 Å². The van der Waals surface area contributed by atoms with Gasteiger partial charge >= 0.3 is 0 Å². The van der Waals surface area contributed by atoms with Crippen LogP contribution in [0.2, 0.25) is 0 Å².